The summed E-state index contributed by atoms with van der Waals surface area (Å²) in [4.78, 5) is 4.67. The maximum Gasteiger partial charge on any atom is 0.434 e. The van der Waals surface area contributed by atoms with Gasteiger partial charge in [-0.1, -0.05) is 17.7 Å². The monoisotopic (exact) mass is 617 g/mol. The van der Waals surface area contributed by atoms with Gasteiger partial charge in [0.1, 0.15) is 28.8 Å². The average Bonchev–Trinajstić information content (AvgIpc) is 3.59. The third-order valence-electron chi connectivity index (χ3n) is 7.06. The molecule has 1 aromatic carbocycles. The van der Waals surface area contributed by atoms with Gasteiger partial charge >= 0.3 is 12.4 Å². The van der Waals surface area contributed by atoms with Crippen LogP contribution in [0.1, 0.15) is 63.5 Å². The molecule has 0 radical (unpaired) electrons. The second-order valence-electron chi connectivity index (χ2n) is 10.7. The van der Waals surface area contributed by atoms with Crippen LogP contribution in [-0.2, 0) is 12.7 Å². The van der Waals surface area contributed by atoms with E-state index in [1.165, 1.54) is 16.9 Å². The van der Waals surface area contributed by atoms with E-state index >= 15 is 4.39 Å². The van der Waals surface area contributed by atoms with Gasteiger partial charge in [0.2, 0.25) is 0 Å². The first-order chi connectivity index (χ1) is 19.6. The van der Waals surface area contributed by atoms with Gasteiger partial charge in [-0.3, -0.25) is 4.68 Å². The summed E-state index contributed by atoms with van der Waals surface area (Å²) < 4.78 is 104. The van der Waals surface area contributed by atoms with Gasteiger partial charge in [0, 0.05) is 37.4 Å². The number of alkyl halides is 6. The van der Waals surface area contributed by atoms with E-state index in [2.05, 4.69) is 15.2 Å². The van der Waals surface area contributed by atoms with Crippen molar-refractivity contribution >= 4 is 17.4 Å². The SMILES string of the molecule is CC(C)n1cc(C(F)(F)F)nc1-c1ccc(C(N2CCCn3nc(-c4c(Cl)cnn4C(C)C)cc32)C(F)(F)F)cc1F. The molecule has 0 N–H and O–H groups in total. The minimum absolute atomic E-state index is 0.00253. The van der Waals surface area contributed by atoms with Gasteiger partial charge in [-0.2, -0.15) is 36.5 Å². The number of nitrogens with zero attached hydrogens (tertiary/aromatic N) is 7. The zero-order valence-corrected chi connectivity index (χ0v) is 23.7. The number of aromatic nitrogens is 6. The maximum absolute atomic E-state index is 15.5. The van der Waals surface area contributed by atoms with Gasteiger partial charge in [0.25, 0.3) is 0 Å². The number of aryl methyl sites for hydroxylation is 1. The van der Waals surface area contributed by atoms with Crippen molar-refractivity contribution in [2.75, 3.05) is 11.4 Å². The van der Waals surface area contributed by atoms with Gasteiger partial charge < -0.3 is 9.47 Å². The highest BCUT2D eigenvalue weighted by molar-refractivity contribution is 6.32. The lowest BCUT2D eigenvalue weighted by molar-refractivity contribution is -0.151. The Hall–Kier alpha value is -3.55. The van der Waals surface area contributed by atoms with Crippen LogP contribution in [-0.4, -0.2) is 41.8 Å². The van der Waals surface area contributed by atoms with Crippen molar-refractivity contribution in [3.05, 3.63) is 58.8 Å². The van der Waals surface area contributed by atoms with Gasteiger partial charge in [-0.05, 0) is 51.8 Å². The van der Waals surface area contributed by atoms with Crippen LogP contribution in [0.25, 0.3) is 22.8 Å². The zero-order valence-electron chi connectivity index (χ0n) is 23.0. The standard InChI is InChI=1S/C27H27ClF7N7/c1-14(2)40-13-21(26(30,31)32)37-25(40)17-7-6-16(10-19(17)29)24(27(33,34)35)39-8-5-9-41-22(39)11-20(38-41)23-18(28)12-36-42(23)15(3)4/h6-7,10-15,24H,5,8-9H2,1-4H3. The summed E-state index contributed by atoms with van der Waals surface area (Å²) in [6.45, 7) is 7.30. The van der Waals surface area contributed by atoms with E-state index in [0.29, 0.717) is 35.4 Å². The quantitative estimate of drug-likeness (QED) is 0.205. The van der Waals surface area contributed by atoms with Crippen LogP contribution >= 0.6 is 11.6 Å². The zero-order chi connectivity index (χ0) is 30.7. The van der Waals surface area contributed by atoms with Crippen LogP contribution in [0.4, 0.5) is 36.6 Å². The molecule has 0 saturated heterocycles. The fourth-order valence-corrected chi connectivity index (χ4v) is 5.44. The Labute approximate surface area is 241 Å². The van der Waals surface area contributed by atoms with Crippen LogP contribution in [0.5, 0.6) is 0 Å². The van der Waals surface area contributed by atoms with Gasteiger partial charge in [-0.25, -0.2) is 14.1 Å². The van der Waals surface area contributed by atoms with Crippen LogP contribution in [0.3, 0.4) is 0 Å². The van der Waals surface area contributed by atoms with Crippen molar-refractivity contribution in [2.45, 2.75) is 71.1 Å². The van der Waals surface area contributed by atoms with E-state index < -0.39 is 41.5 Å². The first-order valence-corrected chi connectivity index (χ1v) is 13.6. The highest BCUT2D eigenvalue weighted by atomic mass is 35.5. The summed E-state index contributed by atoms with van der Waals surface area (Å²) in [7, 11) is 0. The molecular formula is C27H27ClF7N7. The highest BCUT2D eigenvalue weighted by Gasteiger charge is 2.47. The van der Waals surface area contributed by atoms with E-state index in [0.717, 1.165) is 27.8 Å². The van der Waals surface area contributed by atoms with E-state index in [-0.39, 0.29) is 29.8 Å². The molecule has 1 unspecified atom stereocenters. The first kappa shape index (κ1) is 29.9. The molecule has 1 atom stereocenters. The number of fused-ring (bicyclic) bond motifs is 1. The predicted molar refractivity (Wildman–Crippen MR) is 143 cm³/mol. The molecule has 0 fully saturated rings. The molecule has 0 spiro atoms. The van der Waals surface area contributed by atoms with E-state index in [4.69, 9.17) is 11.6 Å². The van der Waals surface area contributed by atoms with Crippen LogP contribution in [0.15, 0.2) is 36.7 Å². The van der Waals surface area contributed by atoms with Crippen molar-refractivity contribution in [3.63, 3.8) is 0 Å². The molecule has 0 saturated carbocycles. The number of rotatable bonds is 6. The Balaban J connectivity index is 1.57. The summed E-state index contributed by atoms with van der Waals surface area (Å²) in [6.07, 6.45) is -7.07. The van der Waals surface area contributed by atoms with E-state index in [1.54, 1.807) is 18.5 Å². The normalized spacial score (nSPS) is 15.1. The largest absolute Gasteiger partial charge is 0.434 e. The van der Waals surface area contributed by atoms with E-state index in [9.17, 15) is 26.3 Å². The number of imidazole rings is 1. The molecule has 1 aliphatic rings. The summed E-state index contributed by atoms with van der Waals surface area (Å²) >= 11 is 6.36. The average molecular weight is 618 g/mol. The minimum atomic E-state index is -4.84. The number of hydrogen-bond donors (Lipinski definition) is 0. The van der Waals surface area contributed by atoms with Gasteiger partial charge in [0.05, 0.1) is 16.8 Å². The predicted octanol–water partition coefficient (Wildman–Crippen LogP) is 8.10. The van der Waals surface area contributed by atoms with Crippen LogP contribution in [0.2, 0.25) is 5.02 Å². The molecule has 15 heteroatoms. The molecule has 4 aromatic rings. The molecule has 226 valence electrons. The lowest BCUT2D eigenvalue weighted by Crippen LogP contribution is -2.42. The summed E-state index contributed by atoms with van der Waals surface area (Å²) in [6, 6.07) is 1.45. The fourth-order valence-electron chi connectivity index (χ4n) is 5.21. The second-order valence-corrected chi connectivity index (χ2v) is 11.1. The number of hydrogen-bond acceptors (Lipinski definition) is 4. The minimum Gasteiger partial charge on any atom is -0.341 e. The molecular weight excluding hydrogens is 591 g/mol. The summed E-state index contributed by atoms with van der Waals surface area (Å²) in [5.74, 6) is -1.29. The highest BCUT2D eigenvalue weighted by Crippen LogP contribution is 2.44. The van der Waals surface area contributed by atoms with Crippen molar-refractivity contribution in [2.24, 2.45) is 0 Å². The van der Waals surface area contributed by atoms with Crippen molar-refractivity contribution in [1.29, 1.82) is 0 Å². The van der Waals surface area contributed by atoms with Crippen molar-refractivity contribution in [1.82, 2.24) is 29.1 Å². The van der Waals surface area contributed by atoms with E-state index in [1.807, 2.05) is 13.8 Å². The summed E-state index contributed by atoms with van der Waals surface area (Å²) in [5.41, 5.74) is -1.17. The van der Waals surface area contributed by atoms with Crippen LogP contribution in [0, 0.1) is 5.82 Å². The molecule has 0 aliphatic carbocycles. The summed E-state index contributed by atoms with van der Waals surface area (Å²) in [5, 5.41) is 9.05. The molecule has 1 aliphatic heterocycles. The van der Waals surface area contributed by atoms with Gasteiger partial charge in [-0.15, -0.1) is 0 Å². The van der Waals surface area contributed by atoms with Crippen molar-refractivity contribution in [3.8, 4) is 22.8 Å². The Bertz CT molecular complexity index is 1600. The van der Waals surface area contributed by atoms with Crippen LogP contribution < -0.4 is 4.90 Å². The Morgan fingerprint density at radius 3 is 2.26 bits per heavy atom. The third-order valence-corrected chi connectivity index (χ3v) is 7.33. The molecule has 5 rings (SSSR count). The Morgan fingerprint density at radius 2 is 1.67 bits per heavy atom. The number of benzene rings is 1. The molecule has 4 heterocycles. The smallest absolute Gasteiger partial charge is 0.341 e. The first-order valence-electron chi connectivity index (χ1n) is 13.2. The second kappa shape index (κ2) is 10.6. The lowest BCUT2D eigenvalue weighted by atomic mass is 10.0. The third kappa shape index (κ3) is 5.36. The number of anilines is 1. The number of halogens is 8. The molecule has 0 bridgehead atoms. The maximum atomic E-state index is 15.5. The Kier molecular flexibility index (Phi) is 7.57. The van der Waals surface area contributed by atoms with Crippen molar-refractivity contribution < 1.29 is 30.7 Å². The molecule has 0 amide bonds. The lowest BCUT2D eigenvalue weighted by Gasteiger charge is -2.37. The topological polar surface area (TPSA) is 56.7 Å². The molecule has 42 heavy (non-hydrogen) atoms. The Morgan fingerprint density at radius 1 is 0.952 bits per heavy atom. The molecule has 3 aromatic heterocycles. The molecule has 7 nitrogen and oxygen atoms in total. The van der Waals surface area contributed by atoms with Gasteiger partial charge in [0.15, 0.2) is 11.7 Å². The fraction of sp³-hybridized carbons (Fsp3) is 0.444.